The molecule has 0 unspecified atom stereocenters. The van der Waals surface area contributed by atoms with Crippen LogP contribution in [0.1, 0.15) is 12.6 Å². The van der Waals surface area contributed by atoms with E-state index in [2.05, 4.69) is 26.0 Å². The number of fused-ring (bicyclic) bond motifs is 2. The van der Waals surface area contributed by atoms with Crippen molar-refractivity contribution in [3.8, 4) is 0 Å². The number of nitrogens with zero attached hydrogens (tertiary/aromatic N) is 6. The number of hydrogen-bond donors (Lipinski definition) is 5. The van der Waals surface area contributed by atoms with E-state index in [1.54, 1.807) is 24.2 Å². The topological polar surface area (TPSA) is 215 Å². The summed E-state index contributed by atoms with van der Waals surface area (Å²) in [7, 11) is 1.26. The van der Waals surface area contributed by atoms with E-state index in [9.17, 15) is 24.3 Å². The molecular weight excluding hydrogens is 598 g/mol. The molecule has 4 aliphatic heterocycles. The molecule has 1 fully saturated rings. The van der Waals surface area contributed by atoms with Crippen LogP contribution >= 0.6 is 34.9 Å². The predicted octanol–water partition coefficient (Wildman–Crippen LogP) is -0.216. The average molecular weight is 622 g/mol. The number of hydrogen-bond acceptors (Lipinski definition) is 15. The molecule has 6 N–H and O–H groups in total. The molecule has 1 aromatic heterocycles. The summed E-state index contributed by atoms with van der Waals surface area (Å²) in [5, 5.41) is 30.2. The zero-order valence-electron chi connectivity index (χ0n) is 21.4. The second-order valence-corrected chi connectivity index (χ2v) is 11.8. The number of allylic oxidation sites excluding steroid dienone is 1. The van der Waals surface area contributed by atoms with Gasteiger partial charge in [-0.1, -0.05) is 5.16 Å². The summed E-state index contributed by atoms with van der Waals surface area (Å²) in [4.78, 5) is 63.9. The Labute approximate surface area is 244 Å². The van der Waals surface area contributed by atoms with Crippen LogP contribution in [0, 0.1) is 0 Å². The van der Waals surface area contributed by atoms with Gasteiger partial charge >= 0.3 is 11.9 Å². The first-order chi connectivity index (χ1) is 19.6. The van der Waals surface area contributed by atoms with E-state index < -0.39 is 35.2 Å². The van der Waals surface area contributed by atoms with Crippen LogP contribution < -0.4 is 16.6 Å². The van der Waals surface area contributed by atoms with Crippen LogP contribution in [0.2, 0.25) is 0 Å². The lowest BCUT2D eigenvalue weighted by Crippen LogP contribution is -2.71. The number of hydrazine groups is 2. The van der Waals surface area contributed by atoms with Crippen molar-refractivity contribution < 1.29 is 34.2 Å². The number of oxime groups is 1. The molecule has 16 nitrogen and oxygen atoms in total. The van der Waals surface area contributed by atoms with Gasteiger partial charge in [0.15, 0.2) is 16.7 Å². The maximum Gasteiger partial charge on any atom is 0.352 e. The van der Waals surface area contributed by atoms with Crippen LogP contribution in [0.4, 0.5) is 5.13 Å². The number of carbonyl (C=O) groups excluding carboxylic acids is 2. The number of thioether (sulfide) groups is 2. The second-order valence-electron chi connectivity index (χ2n) is 8.78. The molecule has 0 spiro atoms. The first kappa shape index (κ1) is 28.5. The van der Waals surface area contributed by atoms with E-state index in [0.717, 1.165) is 11.3 Å². The summed E-state index contributed by atoms with van der Waals surface area (Å²) in [5.41, 5.74) is 9.69. The highest BCUT2D eigenvalue weighted by atomic mass is 32.2. The van der Waals surface area contributed by atoms with Crippen molar-refractivity contribution in [1.29, 1.82) is 0 Å². The number of carbonyl (C=O) groups is 4. The lowest BCUT2D eigenvalue weighted by molar-refractivity contribution is -0.150. The Morgan fingerprint density at radius 1 is 1.37 bits per heavy atom. The van der Waals surface area contributed by atoms with E-state index in [1.807, 2.05) is 0 Å². The zero-order chi connectivity index (χ0) is 29.4. The number of aliphatic imine (C=N–C) groups is 1. The summed E-state index contributed by atoms with van der Waals surface area (Å²) >= 11 is 3.76. The molecule has 1 saturated heterocycles. The van der Waals surface area contributed by atoms with Crippen LogP contribution in [-0.4, -0.2) is 102 Å². The van der Waals surface area contributed by atoms with Gasteiger partial charge in [-0.15, -0.1) is 40.4 Å². The summed E-state index contributed by atoms with van der Waals surface area (Å²) in [6, 6.07) is -0.976. The third-order valence-corrected chi connectivity index (χ3v) is 9.07. The number of thiazole rings is 1. The first-order valence-corrected chi connectivity index (χ1v) is 14.7. The molecule has 0 saturated carbocycles. The van der Waals surface area contributed by atoms with Crippen molar-refractivity contribution in [2.75, 3.05) is 30.9 Å². The quantitative estimate of drug-likeness (QED) is 0.130. The van der Waals surface area contributed by atoms with Gasteiger partial charge in [-0.05, 0) is 18.6 Å². The van der Waals surface area contributed by atoms with Gasteiger partial charge in [0.1, 0.15) is 36.5 Å². The summed E-state index contributed by atoms with van der Waals surface area (Å²) < 4.78 is 0. The smallest absolute Gasteiger partial charge is 0.352 e. The Morgan fingerprint density at radius 2 is 2.15 bits per heavy atom. The van der Waals surface area contributed by atoms with Gasteiger partial charge in [-0.3, -0.25) is 24.3 Å². The molecule has 2 amide bonds. The van der Waals surface area contributed by atoms with Crippen molar-refractivity contribution in [3.63, 3.8) is 0 Å². The molecule has 0 aliphatic carbocycles. The van der Waals surface area contributed by atoms with Gasteiger partial charge in [0.2, 0.25) is 0 Å². The van der Waals surface area contributed by atoms with E-state index in [1.165, 1.54) is 45.9 Å². The Kier molecular flexibility index (Phi) is 7.93. The number of aliphatic carboxylic acids is 2. The predicted molar refractivity (Wildman–Crippen MR) is 151 cm³/mol. The number of nitrogens with one attached hydrogen (secondary N) is 2. The molecule has 2 atom stereocenters. The summed E-state index contributed by atoms with van der Waals surface area (Å²) in [6.45, 7) is 1.51. The number of amides is 2. The van der Waals surface area contributed by atoms with E-state index in [0.29, 0.717) is 27.9 Å². The Hall–Kier alpha value is -4.07. The number of rotatable bonds is 10. The molecule has 0 bridgehead atoms. The standard InChI is InChI=1S/C22H23N9O7S3/c1-9-3-13(31-12(24-9)4-29(28-31)5-14(32)33)39-6-10-7-40-20-16(19(35)30(20)17(10)21(36)37)26-18(34)15(27-38-2)11-8-41-22(23)25-11/h3-4,8,16,20,28H,5-7H2,1-2H3,(H2,23,25)(H,26,34)(H,32,33)(H,36,37)/t16-,20-/m1/s1. The second kappa shape index (κ2) is 11.4. The van der Waals surface area contributed by atoms with E-state index in [4.69, 9.17) is 15.7 Å². The van der Waals surface area contributed by atoms with Crippen LogP contribution in [0.5, 0.6) is 0 Å². The highest BCUT2D eigenvalue weighted by Gasteiger charge is 2.54. The summed E-state index contributed by atoms with van der Waals surface area (Å²) in [5.74, 6) is -2.53. The van der Waals surface area contributed by atoms with Gasteiger partial charge in [0, 0.05) is 22.6 Å². The van der Waals surface area contributed by atoms with Crippen LogP contribution in [0.25, 0.3) is 0 Å². The highest BCUT2D eigenvalue weighted by Crippen LogP contribution is 2.42. The number of carboxylic acids is 2. The molecular formula is C22H23N9O7S3. The van der Waals surface area contributed by atoms with Gasteiger partial charge in [0.25, 0.3) is 11.8 Å². The average Bonchev–Trinajstić information content (AvgIpc) is 3.52. The number of nitrogens with two attached hydrogens (primary N) is 1. The van der Waals surface area contributed by atoms with Crippen molar-refractivity contribution in [2.24, 2.45) is 10.1 Å². The monoisotopic (exact) mass is 621 g/mol. The molecule has 19 heteroatoms. The van der Waals surface area contributed by atoms with E-state index in [-0.39, 0.29) is 34.5 Å². The van der Waals surface area contributed by atoms with Crippen molar-refractivity contribution in [3.05, 3.63) is 45.5 Å². The molecule has 4 aliphatic rings. The van der Waals surface area contributed by atoms with Crippen molar-refractivity contribution in [1.82, 2.24) is 30.8 Å². The number of nitrogen functional groups attached to an aromatic ring is 1. The highest BCUT2D eigenvalue weighted by molar-refractivity contribution is 8.03. The Morgan fingerprint density at radius 3 is 2.80 bits per heavy atom. The Balaban J connectivity index is 1.29. The molecule has 0 radical (unpaired) electrons. The minimum absolute atomic E-state index is 0.130. The Bertz CT molecular complexity index is 1480. The van der Waals surface area contributed by atoms with Gasteiger partial charge in [0.05, 0.1) is 11.2 Å². The molecule has 0 aromatic carbocycles. The van der Waals surface area contributed by atoms with Gasteiger partial charge < -0.3 is 26.1 Å². The first-order valence-electron chi connectivity index (χ1n) is 11.8. The minimum Gasteiger partial charge on any atom is -0.480 e. The third kappa shape index (κ3) is 5.60. The fourth-order valence-corrected chi connectivity index (χ4v) is 7.39. The molecule has 5 heterocycles. The van der Waals surface area contributed by atoms with E-state index >= 15 is 0 Å². The maximum absolute atomic E-state index is 13.1. The maximum atomic E-state index is 13.1. The number of β-lactam (4-membered cyclic amide) rings is 1. The zero-order valence-corrected chi connectivity index (χ0v) is 23.9. The van der Waals surface area contributed by atoms with Crippen LogP contribution in [0.15, 0.2) is 49.9 Å². The normalized spacial score (nSPS) is 21.9. The summed E-state index contributed by atoms with van der Waals surface area (Å²) in [6.07, 6.45) is 3.35. The number of aromatic nitrogens is 1. The number of anilines is 1. The van der Waals surface area contributed by atoms with Crippen LogP contribution in [0.3, 0.4) is 0 Å². The van der Waals surface area contributed by atoms with Gasteiger partial charge in [-0.25, -0.2) is 19.8 Å². The SMILES string of the molecule is CON=C(C(=O)N[C@@H]1C(=O)N2C(C(=O)O)=C(CSC3=CC(C)=NC4=CN(CC(=O)O)NN43)CS[C@H]12)c1csc(N)n1. The largest absolute Gasteiger partial charge is 0.480 e. The third-order valence-electron chi connectivity index (χ3n) is 5.97. The van der Waals surface area contributed by atoms with Gasteiger partial charge in [-0.2, -0.15) is 0 Å². The van der Waals surface area contributed by atoms with Crippen molar-refractivity contribution >= 4 is 75.2 Å². The number of carboxylic acid groups (broad SMARTS) is 2. The fraction of sp³-hybridized carbons (Fsp3) is 0.318. The molecule has 1 aromatic rings. The lowest BCUT2D eigenvalue weighted by Gasteiger charge is -2.49. The lowest BCUT2D eigenvalue weighted by atomic mass is 10.0. The molecule has 5 rings (SSSR count). The van der Waals surface area contributed by atoms with Crippen molar-refractivity contribution in [2.45, 2.75) is 18.3 Å². The van der Waals surface area contributed by atoms with Crippen LogP contribution in [-0.2, 0) is 24.0 Å². The molecule has 41 heavy (non-hydrogen) atoms. The molecule has 216 valence electrons. The fourth-order valence-electron chi connectivity index (χ4n) is 4.29. The minimum atomic E-state index is -1.26.